The fourth-order valence-corrected chi connectivity index (χ4v) is 3.47. The van der Waals surface area contributed by atoms with Crippen molar-refractivity contribution >= 4 is 40.7 Å². The molecule has 2 amide bonds. The van der Waals surface area contributed by atoms with Crippen LogP contribution in [-0.4, -0.2) is 49.4 Å². The SMILES string of the molecule is O=C(NCCC(=O)N1CCN(c2cccc(Cl)c2)CC1)c1ccccc1Cl. The number of hydrogen-bond acceptors (Lipinski definition) is 3. The molecular weight excluding hydrogens is 385 g/mol. The van der Waals surface area contributed by atoms with Gasteiger partial charge in [-0.2, -0.15) is 0 Å². The van der Waals surface area contributed by atoms with Gasteiger partial charge in [-0.1, -0.05) is 41.4 Å². The number of carbonyl (C=O) groups is 2. The van der Waals surface area contributed by atoms with Gasteiger partial charge in [-0.3, -0.25) is 9.59 Å². The molecule has 1 heterocycles. The summed E-state index contributed by atoms with van der Waals surface area (Å²) in [5.74, 6) is -0.223. The van der Waals surface area contributed by atoms with E-state index >= 15 is 0 Å². The molecule has 3 rings (SSSR count). The second-order valence-corrected chi connectivity index (χ2v) is 7.18. The minimum Gasteiger partial charge on any atom is -0.368 e. The molecule has 1 fully saturated rings. The third kappa shape index (κ3) is 5.15. The van der Waals surface area contributed by atoms with Crippen molar-refractivity contribution < 1.29 is 9.59 Å². The van der Waals surface area contributed by atoms with Crippen LogP contribution >= 0.6 is 23.2 Å². The Labute approximate surface area is 168 Å². The highest BCUT2D eigenvalue weighted by molar-refractivity contribution is 6.33. The summed E-state index contributed by atoms with van der Waals surface area (Å²) in [6.07, 6.45) is 0.271. The molecule has 0 aliphatic carbocycles. The lowest BCUT2D eigenvalue weighted by atomic mass is 10.2. The maximum absolute atomic E-state index is 12.4. The second kappa shape index (κ2) is 9.11. The van der Waals surface area contributed by atoms with E-state index in [0.717, 1.165) is 18.8 Å². The van der Waals surface area contributed by atoms with E-state index in [4.69, 9.17) is 23.2 Å². The summed E-state index contributed by atoms with van der Waals surface area (Å²) in [6, 6.07) is 14.6. The lowest BCUT2D eigenvalue weighted by Gasteiger charge is -2.36. The van der Waals surface area contributed by atoms with Crippen LogP contribution in [0.4, 0.5) is 5.69 Å². The molecule has 27 heavy (non-hydrogen) atoms. The van der Waals surface area contributed by atoms with Gasteiger partial charge < -0.3 is 15.1 Å². The molecule has 142 valence electrons. The quantitative estimate of drug-likeness (QED) is 0.828. The van der Waals surface area contributed by atoms with E-state index in [1.807, 2.05) is 29.2 Å². The second-order valence-electron chi connectivity index (χ2n) is 6.33. The van der Waals surface area contributed by atoms with Crippen molar-refractivity contribution in [3.63, 3.8) is 0 Å². The Balaban J connectivity index is 1.43. The fourth-order valence-electron chi connectivity index (χ4n) is 3.07. The van der Waals surface area contributed by atoms with E-state index in [0.29, 0.717) is 28.7 Å². The van der Waals surface area contributed by atoms with E-state index in [2.05, 4.69) is 10.2 Å². The lowest BCUT2D eigenvalue weighted by Crippen LogP contribution is -2.49. The monoisotopic (exact) mass is 405 g/mol. The van der Waals surface area contributed by atoms with E-state index in [1.54, 1.807) is 24.3 Å². The summed E-state index contributed by atoms with van der Waals surface area (Å²) in [4.78, 5) is 28.6. The number of nitrogens with zero attached hydrogens (tertiary/aromatic N) is 2. The Hall–Kier alpha value is -2.24. The van der Waals surface area contributed by atoms with Crippen molar-refractivity contribution in [2.45, 2.75) is 6.42 Å². The molecule has 0 aromatic heterocycles. The summed E-state index contributed by atoms with van der Waals surface area (Å²) in [5.41, 5.74) is 1.49. The first-order chi connectivity index (χ1) is 13.0. The molecular formula is C20H21Cl2N3O2. The van der Waals surface area contributed by atoms with Crippen LogP contribution in [0.15, 0.2) is 48.5 Å². The minimum absolute atomic E-state index is 0.0419. The fraction of sp³-hybridized carbons (Fsp3) is 0.300. The number of halogens is 2. The molecule has 7 heteroatoms. The van der Waals surface area contributed by atoms with Crippen molar-refractivity contribution in [2.24, 2.45) is 0 Å². The van der Waals surface area contributed by atoms with Gasteiger partial charge in [0.05, 0.1) is 10.6 Å². The molecule has 1 aliphatic rings. The molecule has 0 saturated carbocycles. The Kier molecular flexibility index (Phi) is 6.58. The Morgan fingerprint density at radius 2 is 1.70 bits per heavy atom. The predicted octanol–water partition coefficient (Wildman–Crippen LogP) is 3.46. The number of rotatable bonds is 5. The Morgan fingerprint density at radius 1 is 0.963 bits per heavy atom. The molecule has 0 bridgehead atoms. The highest BCUT2D eigenvalue weighted by Crippen LogP contribution is 2.21. The van der Waals surface area contributed by atoms with Crippen LogP contribution in [0.5, 0.6) is 0 Å². The first-order valence-corrected chi connectivity index (χ1v) is 9.61. The van der Waals surface area contributed by atoms with Gasteiger partial charge in [-0.15, -0.1) is 0 Å². The standard InChI is InChI=1S/C20H21Cl2N3O2/c21-15-4-3-5-16(14-15)24-10-12-25(13-11-24)19(26)8-9-23-20(27)17-6-1-2-7-18(17)22/h1-7,14H,8-13H2,(H,23,27). The Morgan fingerprint density at radius 3 is 2.41 bits per heavy atom. The molecule has 0 radical (unpaired) electrons. The molecule has 1 aliphatic heterocycles. The smallest absolute Gasteiger partial charge is 0.252 e. The van der Waals surface area contributed by atoms with Gasteiger partial charge in [-0.05, 0) is 30.3 Å². The Bertz CT molecular complexity index is 820. The molecule has 1 saturated heterocycles. The first-order valence-electron chi connectivity index (χ1n) is 8.85. The van der Waals surface area contributed by atoms with Gasteiger partial charge in [0.2, 0.25) is 5.91 Å². The summed E-state index contributed by atoms with van der Waals surface area (Å²) >= 11 is 12.1. The van der Waals surface area contributed by atoms with Crippen LogP contribution < -0.4 is 10.2 Å². The average Bonchev–Trinajstić information content (AvgIpc) is 2.68. The first kappa shape index (κ1) is 19.5. The number of amides is 2. The van der Waals surface area contributed by atoms with E-state index in [-0.39, 0.29) is 24.8 Å². The van der Waals surface area contributed by atoms with Crippen LogP contribution in [0.1, 0.15) is 16.8 Å². The topological polar surface area (TPSA) is 52.7 Å². The van der Waals surface area contributed by atoms with Gasteiger partial charge in [0.25, 0.3) is 5.91 Å². The number of carbonyl (C=O) groups excluding carboxylic acids is 2. The van der Waals surface area contributed by atoms with Gasteiger partial charge in [-0.25, -0.2) is 0 Å². The molecule has 0 unspecified atom stereocenters. The third-order valence-corrected chi connectivity index (χ3v) is 5.11. The van der Waals surface area contributed by atoms with Crippen LogP contribution in [0, 0.1) is 0 Å². The van der Waals surface area contributed by atoms with Crippen LogP contribution in [0.2, 0.25) is 10.0 Å². The van der Waals surface area contributed by atoms with Gasteiger partial charge in [0, 0.05) is 49.9 Å². The average molecular weight is 406 g/mol. The van der Waals surface area contributed by atoms with E-state index in [1.165, 1.54) is 0 Å². The highest BCUT2D eigenvalue weighted by atomic mass is 35.5. The number of anilines is 1. The van der Waals surface area contributed by atoms with Gasteiger partial charge in [0.15, 0.2) is 0 Å². The largest absolute Gasteiger partial charge is 0.368 e. The molecule has 0 spiro atoms. The van der Waals surface area contributed by atoms with Crippen molar-refractivity contribution in [1.82, 2.24) is 10.2 Å². The zero-order valence-electron chi connectivity index (χ0n) is 14.8. The van der Waals surface area contributed by atoms with Gasteiger partial charge in [0.1, 0.15) is 0 Å². The summed E-state index contributed by atoms with van der Waals surface area (Å²) in [5, 5.41) is 3.86. The van der Waals surface area contributed by atoms with E-state index in [9.17, 15) is 9.59 Å². The summed E-state index contributed by atoms with van der Waals surface area (Å²) in [6.45, 7) is 3.13. The van der Waals surface area contributed by atoms with Crippen molar-refractivity contribution in [3.05, 3.63) is 64.1 Å². The number of hydrogen-bond donors (Lipinski definition) is 1. The third-order valence-electron chi connectivity index (χ3n) is 4.55. The van der Waals surface area contributed by atoms with Crippen molar-refractivity contribution in [3.8, 4) is 0 Å². The maximum Gasteiger partial charge on any atom is 0.252 e. The lowest BCUT2D eigenvalue weighted by molar-refractivity contribution is -0.131. The molecule has 5 nitrogen and oxygen atoms in total. The van der Waals surface area contributed by atoms with Gasteiger partial charge >= 0.3 is 0 Å². The zero-order chi connectivity index (χ0) is 19.2. The minimum atomic E-state index is -0.265. The molecule has 2 aromatic carbocycles. The number of piperazine rings is 1. The highest BCUT2D eigenvalue weighted by Gasteiger charge is 2.21. The number of benzene rings is 2. The summed E-state index contributed by atoms with van der Waals surface area (Å²) < 4.78 is 0. The normalized spacial score (nSPS) is 14.1. The molecule has 0 atom stereocenters. The maximum atomic E-state index is 12.4. The van der Waals surface area contributed by atoms with Crippen molar-refractivity contribution in [1.29, 1.82) is 0 Å². The van der Waals surface area contributed by atoms with Crippen LogP contribution in [0.25, 0.3) is 0 Å². The molecule has 2 aromatic rings. The zero-order valence-corrected chi connectivity index (χ0v) is 16.3. The summed E-state index contributed by atoms with van der Waals surface area (Å²) in [7, 11) is 0. The van der Waals surface area contributed by atoms with Crippen LogP contribution in [-0.2, 0) is 4.79 Å². The van der Waals surface area contributed by atoms with Crippen molar-refractivity contribution in [2.75, 3.05) is 37.6 Å². The van der Waals surface area contributed by atoms with Crippen LogP contribution in [0.3, 0.4) is 0 Å². The number of nitrogens with one attached hydrogen (secondary N) is 1. The van der Waals surface area contributed by atoms with E-state index < -0.39 is 0 Å². The predicted molar refractivity (Wildman–Crippen MR) is 109 cm³/mol. The molecule has 1 N–H and O–H groups in total.